The molecule has 0 aliphatic carbocycles. The number of hydrogen-bond acceptors (Lipinski definition) is 5. The zero-order valence-electron chi connectivity index (χ0n) is 14.0. The van der Waals surface area contributed by atoms with E-state index < -0.39 is 0 Å². The molecule has 2 N–H and O–H groups in total. The minimum Gasteiger partial charge on any atom is -0.376 e. The van der Waals surface area contributed by atoms with E-state index in [2.05, 4.69) is 26.7 Å². The summed E-state index contributed by atoms with van der Waals surface area (Å²) in [4.78, 5) is 20.5. The smallest absolute Gasteiger partial charge is 0.271 e. The van der Waals surface area contributed by atoms with Crippen LogP contribution in [0.15, 0.2) is 30.6 Å². The fraction of sp³-hybridized carbons (Fsp3) is 0.389. The summed E-state index contributed by atoms with van der Waals surface area (Å²) in [7, 11) is 0. The van der Waals surface area contributed by atoms with Crippen LogP contribution in [-0.2, 0) is 4.74 Å². The number of rotatable bonds is 5. The minimum absolute atomic E-state index is 0.118. The minimum atomic E-state index is -0.226. The molecule has 1 amide bonds. The van der Waals surface area contributed by atoms with Crippen LogP contribution in [0.2, 0.25) is 0 Å². The molecule has 0 spiro atoms. The maximum Gasteiger partial charge on any atom is 0.271 e. The molecule has 1 unspecified atom stereocenters. The molecule has 2 heterocycles. The van der Waals surface area contributed by atoms with Gasteiger partial charge in [-0.1, -0.05) is 6.07 Å². The van der Waals surface area contributed by atoms with Crippen LogP contribution in [0.3, 0.4) is 0 Å². The highest BCUT2D eigenvalue weighted by atomic mass is 16.5. The van der Waals surface area contributed by atoms with Gasteiger partial charge in [0.2, 0.25) is 0 Å². The van der Waals surface area contributed by atoms with Gasteiger partial charge in [0.05, 0.1) is 18.5 Å². The van der Waals surface area contributed by atoms with Gasteiger partial charge in [-0.15, -0.1) is 0 Å². The van der Waals surface area contributed by atoms with Crippen molar-refractivity contribution >= 4 is 17.4 Å². The van der Waals surface area contributed by atoms with Crippen LogP contribution in [0.1, 0.15) is 34.5 Å². The van der Waals surface area contributed by atoms with Gasteiger partial charge in [-0.05, 0) is 49.9 Å². The lowest BCUT2D eigenvalue weighted by molar-refractivity contribution is 0.0853. The number of anilines is 2. The van der Waals surface area contributed by atoms with E-state index in [0.29, 0.717) is 18.1 Å². The van der Waals surface area contributed by atoms with Crippen LogP contribution in [0.4, 0.5) is 11.5 Å². The Morgan fingerprint density at radius 1 is 1.21 bits per heavy atom. The molecular formula is C18H22N4O2. The van der Waals surface area contributed by atoms with Gasteiger partial charge >= 0.3 is 0 Å². The summed E-state index contributed by atoms with van der Waals surface area (Å²) in [6.07, 6.45) is 5.21. The van der Waals surface area contributed by atoms with Crippen molar-refractivity contribution in [2.45, 2.75) is 32.8 Å². The first-order chi connectivity index (χ1) is 11.6. The lowest BCUT2D eigenvalue weighted by Crippen LogP contribution is -2.32. The van der Waals surface area contributed by atoms with Crippen molar-refractivity contribution in [1.82, 2.24) is 15.3 Å². The molecule has 126 valence electrons. The highest BCUT2D eigenvalue weighted by Gasteiger charge is 2.17. The molecule has 0 bridgehead atoms. The molecule has 6 nitrogen and oxygen atoms in total. The molecule has 1 aromatic heterocycles. The monoisotopic (exact) mass is 326 g/mol. The van der Waals surface area contributed by atoms with Crippen LogP contribution in [-0.4, -0.2) is 35.1 Å². The molecule has 0 saturated carbocycles. The Morgan fingerprint density at radius 2 is 2.00 bits per heavy atom. The zero-order valence-corrected chi connectivity index (χ0v) is 14.0. The number of amides is 1. The Balaban J connectivity index is 1.59. The van der Waals surface area contributed by atoms with E-state index in [-0.39, 0.29) is 12.0 Å². The largest absolute Gasteiger partial charge is 0.376 e. The van der Waals surface area contributed by atoms with Gasteiger partial charge in [0.15, 0.2) is 0 Å². The van der Waals surface area contributed by atoms with Gasteiger partial charge in [0, 0.05) is 18.8 Å². The van der Waals surface area contributed by atoms with Crippen LogP contribution in [0.5, 0.6) is 0 Å². The van der Waals surface area contributed by atoms with E-state index in [4.69, 9.17) is 4.74 Å². The Kier molecular flexibility index (Phi) is 5.05. The van der Waals surface area contributed by atoms with Gasteiger partial charge in [0.1, 0.15) is 11.5 Å². The summed E-state index contributed by atoms with van der Waals surface area (Å²) in [5.74, 6) is 0.381. The van der Waals surface area contributed by atoms with Crippen molar-refractivity contribution in [3.8, 4) is 0 Å². The normalized spacial score (nSPS) is 16.8. The summed E-state index contributed by atoms with van der Waals surface area (Å²) in [5, 5.41) is 6.04. The van der Waals surface area contributed by atoms with Crippen molar-refractivity contribution in [2.24, 2.45) is 0 Å². The number of aryl methyl sites for hydroxylation is 2. The molecule has 24 heavy (non-hydrogen) atoms. The first-order valence-electron chi connectivity index (χ1n) is 8.17. The number of hydrogen-bond donors (Lipinski definition) is 2. The van der Waals surface area contributed by atoms with Crippen molar-refractivity contribution in [3.63, 3.8) is 0 Å². The topological polar surface area (TPSA) is 76.1 Å². The van der Waals surface area contributed by atoms with Crippen molar-refractivity contribution < 1.29 is 9.53 Å². The highest BCUT2D eigenvalue weighted by Crippen LogP contribution is 2.17. The standard InChI is InChI=1S/C18H22N4O2/c1-12-6-13(2)8-14(7-12)22-17-11-19-16(10-20-17)18(23)21-9-15-4-3-5-24-15/h6-8,10-11,15H,3-5,9H2,1-2H3,(H,20,22)(H,21,23). The number of nitrogens with zero attached hydrogens (tertiary/aromatic N) is 2. The van der Waals surface area contributed by atoms with Crippen LogP contribution in [0, 0.1) is 13.8 Å². The molecule has 3 rings (SSSR count). The fourth-order valence-electron chi connectivity index (χ4n) is 2.81. The average Bonchev–Trinajstić information content (AvgIpc) is 3.06. The zero-order chi connectivity index (χ0) is 16.9. The van der Waals surface area contributed by atoms with E-state index in [0.717, 1.165) is 25.1 Å². The molecule has 1 aliphatic rings. The molecule has 1 saturated heterocycles. The van der Waals surface area contributed by atoms with Crippen molar-refractivity contribution in [3.05, 3.63) is 47.4 Å². The van der Waals surface area contributed by atoms with E-state index >= 15 is 0 Å². The number of aromatic nitrogens is 2. The lowest BCUT2D eigenvalue weighted by Gasteiger charge is -2.11. The van der Waals surface area contributed by atoms with Crippen molar-refractivity contribution in [2.75, 3.05) is 18.5 Å². The number of ether oxygens (including phenoxy) is 1. The summed E-state index contributed by atoms with van der Waals surface area (Å²) >= 11 is 0. The van der Waals surface area contributed by atoms with E-state index in [1.165, 1.54) is 17.3 Å². The van der Waals surface area contributed by atoms with Crippen LogP contribution >= 0.6 is 0 Å². The van der Waals surface area contributed by atoms with Gasteiger partial charge < -0.3 is 15.4 Å². The van der Waals surface area contributed by atoms with Gasteiger partial charge in [-0.25, -0.2) is 9.97 Å². The Labute approximate surface area is 141 Å². The molecule has 1 fully saturated rings. The molecule has 2 aromatic rings. The van der Waals surface area contributed by atoms with Crippen molar-refractivity contribution in [1.29, 1.82) is 0 Å². The first kappa shape index (κ1) is 16.4. The third-order valence-electron chi connectivity index (χ3n) is 3.89. The molecule has 1 atom stereocenters. The van der Waals surface area contributed by atoms with E-state index in [1.807, 2.05) is 26.0 Å². The van der Waals surface area contributed by atoms with E-state index in [9.17, 15) is 4.79 Å². The van der Waals surface area contributed by atoms with Gasteiger partial charge in [-0.3, -0.25) is 4.79 Å². The predicted molar refractivity (Wildman–Crippen MR) is 92.5 cm³/mol. The Bertz CT molecular complexity index is 689. The summed E-state index contributed by atoms with van der Waals surface area (Å²) in [6.45, 7) is 5.39. The maximum atomic E-state index is 12.1. The van der Waals surface area contributed by atoms with Gasteiger partial charge in [-0.2, -0.15) is 0 Å². The second kappa shape index (κ2) is 7.40. The SMILES string of the molecule is Cc1cc(C)cc(Nc2cnc(C(=O)NCC3CCCO3)cn2)c1. The second-order valence-electron chi connectivity index (χ2n) is 6.13. The first-order valence-corrected chi connectivity index (χ1v) is 8.17. The summed E-state index contributed by atoms with van der Waals surface area (Å²) in [5.41, 5.74) is 3.61. The third-order valence-corrected chi connectivity index (χ3v) is 3.89. The predicted octanol–water partition coefficient (Wildman–Crippen LogP) is 2.75. The number of carbonyl (C=O) groups excluding carboxylic acids is 1. The van der Waals surface area contributed by atoms with Gasteiger partial charge in [0.25, 0.3) is 5.91 Å². The number of carbonyl (C=O) groups is 1. The maximum absolute atomic E-state index is 12.1. The number of benzene rings is 1. The molecular weight excluding hydrogens is 304 g/mol. The fourth-order valence-corrected chi connectivity index (χ4v) is 2.81. The molecule has 6 heteroatoms. The van der Waals surface area contributed by atoms with E-state index in [1.54, 1.807) is 6.20 Å². The average molecular weight is 326 g/mol. The van der Waals surface area contributed by atoms with Crippen LogP contribution in [0.25, 0.3) is 0 Å². The number of nitrogens with one attached hydrogen (secondary N) is 2. The molecule has 1 aliphatic heterocycles. The second-order valence-corrected chi connectivity index (χ2v) is 6.13. The van der Waals surface area contributed by atoms with Crippen LogP contribution < -0.4 is 10.6 Å². The summed E-state index contributed by atoms with van der Waals surface area (Å²) < 4.78 is 5.48. The Hall–Kier alpha value is -2.47. The lowest BCUT2D eigenvalue weighted by atomic mass is 10.1. The highest BCUT2D eigenvalue weighted by molar-refractivity contribution is 5.92. The molecule has 1 aromatic carbocycles. The molecule has 0 radical (unpaired) electrons. The summed E-state index contributed by atoms with van der Waals surface area (Å²) in [6, 6.07) is 6.19. The Morgan fingerprint density at radius 3 is 2.62 bits per heavy atom. The third kappa shape index (κ3) is 4.29. The quantitative estimate of drug-likeness (QED) is 0.883.